The first-order valence-electron chi connectivity index (χ1n) is 7.30. The molecule has 0 atom stereocenters. The van der Waals surface area contributed by atoms with Gasteiger partial charge >= 0.3 is 0 Å². The molecule has 0 N–H and O–H groups in total. The maximum atomic E-state index is 12.1. The van der Waals surface area contributed by atoms with Gasteiger partial charge in [-0.05, 0) is 24.6 Å². The van der Waals surface area contributed by atoms with Crippen LogP contribution in [0.25, 0.3) is 11.5 Å². The van der Waals surface area contributed by atoms with Crippen molar-refractivity contribution in [2.75, 3.05) is 5.75 Å². The first kappa shape index (κ1) is 15.5. The van der Waals surface area contributed by atoms with E-state index in [1.54, 1.807) is 0 Å². The van der Waals surface area contributed by atoms with E-state index in [9.17, 15) is 4.79 Å². The molecule has 3 aromatic rings. The number of rotatable bonds is 6. The summed E-state index contributed by atoms with van der Waals surface area (Å²) in [6.45, 7) is 2.02. The second-order valence-corrected chi connectivity index (χ2v) is 6.16. The summed E-state index contributed by atoms with van der Waals surface area (Å²) in [5.41, 5.74) is 3.07. The van der Waals surface area contributed by atoms with Crippen LogP contribution in [0.1, 0.15) is 11.1 Å². The molecule has 0 saturated carbocycles. The van der Waals surface area contributed by atoms with Gasteiger partial charge in [0, 0.05) is 12.0 Å². The number of hydrogen-bond donors (Lipinski definition) is 0. The van der Waals surface area contributed by atoms with Gasteiger partial charge in [-0.25, -0.2) is 0 Å². The third-order valence-corrected chi connectivity index (χ3v) is 4.15. The summed E-state index contributed by atoms with van der Waals surface area (Å²) in [6.07, 6.45) is 0.425. The lowest BCUT2D eigenvalue weighted by Gasteiger charge is -2.01. The zero-order valence-corrected chi connectivity index (χ0v) is 13.5. The molecule has 0 bridgehead atoms. The smallest absolute Gasteiger partial charge is 0.277 e. The summed E-state index contributed by atoms with van der Waals surface area (Å²) in [4.78, 5) is 12.1. The molecule has 2 aromatic carbocycles. The third-order valence-electron chi connectivity index (χ3n) is 3.27. The zero-order chi connectivity index (χ0) is 16.1. The van der Waals surface area contributed by atoms with Crippen LogP contribution in [0.2, 0.25) is 0 Å². The molecule has 0 aliphatic rings. The van der Waals surface area contributed by atoms with Gasteiger partial charge in [0.05, 0.1) is 5.75 Å². The summed E-state index contributed by atoms with van der Waals surface area (Å²) >= 11 is 1.28. The van der Waals surface area contributed by atoms with E-state index in [0.29, 0.717) is 23.3 Å². The van der Waals surface area contributed by atoms with Crippen molar-refractivity contribution in [2.45, 2.75) is 18.6 Å². The van der Waals surface area contributed by atoms with Gasteiger partial charge in [0.2, 0.25) is 5.89 Å². The summed E-state index contributed by atoms with van der Waals surface area (Å²) < 4.78 is 5.58. The fourth-order valence-electron chi connectivity index (χ4n) is 2.21. The van der Waals surface area contributed by atoms with Crippen LogP contribution in [0.4, 0.5) is 0 Å². The summed E-state index contributed by atoms with van der Waals surface area (Å²) in [5.74, 6) is 0.934. The Morgan fingerprint density at radius 2 is 1.91 bits per heavy atom. The Morgan fingerprint density at radius 1 is 1.09 bits per heavy atom. The molecule has 5 heteroatoms. The van der Waals surface area contributed by atoms with Crippen LogP contribution >= 0.6 is 11.8 Å². The van der Waals surface area contributed by atoms with E-state index in [4.69, 9.17) is 4.42 Å². The predicted molar refractivity (Wildman–Crippen MR) is 90.3 cm³/mol. The Balaban J connectivity index is 1.56. The van der Waals surface area contributed by atoms with Gasteiger partial charge in [-0.1, -0.05) is 59.8 Å². The highest BCUT2D eigenvalue weighted by Gasteiger charge is 2.11. The van der Waals surface area contributed by atoms with E-state index >= 15 is 0 Å². The second-order valence-electron chi connectivity index (χ2n) is 5.23. The van der Waals surface area contributed by atoms with Crippen molar-refractivity contribution in [2.24, 2.45) is 0 Å². The van der Waals surface area contributed by atoms with Crippen LogP contribution in [0.5, 0.6) is 0 Å². The van der Waals surface area contributed by atoms with Crippen molar-refractivity contribution in [1.82, 2.24) is 10.2 Å². The average molecular weight is 324 g/mol. The largest absolute Gasteiger partial charge is 0.411 e. The van der Waals surface area contributed by atoms with Gasteiger partial charge in [-0.15, -0.1) is 10.2 Å². The van der Waals surface area contributed by atoms with Crippen LogP contribution in [-0.2, 0) is 11.2 Å². The fraction of sp³-hybridized carbons (Fsp3) is 0.167. The van der Waals surface area contributed by atoms with Crippen molar-refractivity contribution in [1.29, 1.82) is 0 Å². The minimum atomic E-state index is 0.139. The summed E-state index contributed by atoms with van der Waals surface area (Å²) in [7, 11) is 0. The molecule has 4 nitrogen and oxygen atoms in total. The van der Waals surface area contributed by atoms with Crippen molar-refractivity contribution in [3.63, 3.8) is 0 Å². The van der Waals surface area contributed by atoms with Gasteiger partial charge < -0.3 is 4.42 Å². The van der Waals surface area contributed by atoms with Crippen LogP contribution < -0.4 is 0 Å². The minimum absolute atomic E-state index is 0.139. The van der Waals surface area contributed by atoms with E-state index in [0.717, 1.165) is 16.7 Å². The molecule has 0 saturated heterocycles. The van der Waals surface area contributed by atoms with Gasteiger partial charge in [-0.2, -0.15) is 0 Å². The second kappa shape index (κ2) is 7.24. The lowest BCUT2D eigenvalue weighted by atomic mass is 10.1. The van der Waals surface area contributed by atoms with Crippen molar-refractivity contribution < 1.29 is 9.21 Å². The molecular formula is C18H16N2O2S. The lowest BCUT2D eigenvalue weighted by Crippen LogP contribution is -2.05. The van der Waals surface area contributed by atoms with Crippen LogP contribution in [-0.4, -0.2) is 21.7 Å². The molecule has 0 spiro atoms. The normalized spacial score (nSPS) is 10.7. The molecule has 0 aliphatic heterocycles. The standard InChI is InChI=1S/C18H16N2O2S/c1-13-6-5-7-14(10-13)11-16(21)12-23-18-20-19-17(22-18)15-8-3-2-4-9-15/h2-10H,11-12H2,1H3. The zero-order valence-electron chi connectivity index (χ0n) is 12.7. The number of carbonyl (C=O) groups excluding carboxylic acids is 1. The van der Waals surface area contributed by atoms with Crippen molar-refractivity contribution in [3.05, 3.63) is 65.7 Å². The molecule has 1 heterocycles. The van der Waals surface area contributed by atoms with Gasteiger partial charge in [0.15, 0.2) is 0 Å². The SMILES string of the molecule is Cc1cccc(CC(=O)CSc2nnc(-c3ccccc3)o2)c1. The number of nitrogens with zero attached hydrogens (tertiary/aromatic N) is 2. The third kappa shape index (κ3) is 4.29. The van der Waals surface area contributed by atoms with Gasteiger partial charge in [0.25, 0.3) is 5.22 Å². The average Bonchev–Trinajstić information content (AvgIpc) is 3.03. The fourth-order valence-corrected chi connectivity index (χ4v) is 2.83. The Kier molecular flexibility index (Phi) is 4.88. The van der Waals surface area contributed by atoms with E-state index in [2.05, 4.69) is 10.2 Å². The topological polar surface area (TPSA) is 56.0 Å². The van der Waals surface area contributed by atoms with Gasteiger partial charge in [0.1, 0.15) is 5.78 Å². The number of benzene rings is 2. The molecular weight excluding hydrogens is 308 g/mol. The predicted octanol–water partition coefficient (Wildman–Crippen LogP) is 3.95. The highest BCUT2D eigenvalue weighted by molar-refractivity contribution is 7.99. The number of aryl methyl sites for hydroxylation is 1. The van der Waals surface area contributed by atoms with E-state index in [1.165, 1.54) is 11.8 Å². The van der Waals surface area contributed by atoms with Crippen LogP contribution in [0, 0.1) is 6.92 Å². The maximum Gasteiger partial charge on any atom is 0.277 e. The molecule has 116 valence electrons. The number of ketones is 1. The molecule has 0 aliphatic carbocycles. The lowest BCUT2D eigenvalue weighted by molar-refractivity contribution is -0.116. The Morgan fingerprint density at radius 3 is 2.70 bits per heavy atom. The van der Waals surface area contributed by atoms with Gasteiger partial charge in [-0.3, -0.25) is 4.79 Å². The molecule has 0 fully saturated rings. The first-order valence-corrected chi connectivity index (χ1v) is 8.28. The Bertz CT molecular complexity index is 800. The molecule has 0 radical (unpaired) electrons. The van der Waals surface area contributed by atoms with E-state index in [1.807, 2.05) is 61.5 Å². The van der Waals surface area contributed by atoms with E-state index in [-0.39, 0.29) is 5.78 Å². The Hall–Kier alpha value is -2.40. The van der Waals surface area contributed by atoms with Crippen LogP contribution in [0.3, 0.4) is 0 Å². The summed E-state index contributed by atoms with van der Waals surface area (Å²) in [6, 6.07) is 17.6. The number of thioether (sulfide) groups is 1. The molecule has 0 amide bonds. The maximum absolute atomic E-state index is 12.1. The molecule has 23 heavy (non-hydrogen) atoms. The van der Waals surface area contributed by atoms with E-state index < -0.39 is 0 Å². The summed E-state index contributed by atoms with van der Waals surface area (Å²) in [5, 5.41) is 8.41. The molecule has 0 unspecified atom stereocenters. The first-order chi connectivity index (χ1) is 11.2. The highest BCUT2D eigenvalue weighted by atomic mass is 32.2. The quantitative estimate of drug-likeness (QED) is 0.643. The molecule has 1 aromatic heterocycles. The highest BCUT2D eigenvalue weighted by Crippen LogP contribution is 2.23. The minimum Gasteiger partial charge on any atom is -0.411 e. The number of aromatic nitrogens is 2. The Labute approximate surface area is 138 Å². The van der Waals surface area contributed by atoms with Crippen molar-refractivity contribution >= 4 is 17.5 Å². The number of Topliss-reactive ketones (excluding diaryl/α,β-unsaturated/α-hetero) is 1. The number of hydrogen-bond acceptors (Lipinski definition) is 5. The number of carbonyl (C=O) groups is 1. The van der Waals surface area contributed by atoms with Crippen LogP contribution in [0.15, 0.2) is 64.2 Å². The monoisotopic (exact) mass is 324 g/mol. The molecule has 3 rings (SSSR count). The van der Waals surface area contributed by atoms with Crippen molar-refractivity contribution in [3.8, 4) is 11.5 Å².